The summed E-state index contributed by atoms with van der Waals surface area (Å²) in [6.45, 7) is 6.12. The van der Waals surface area contributed by atoms with Crippen molar-refractivity contribution in [2.24, 2.45) is 0 Å². The van der Waals surface area contributed by atoms with Crippen molar-refractivity contribution in [2.45, 2.75) is 58.7 Å². The van der Waals surface area contributed by atoms with Crippen LogP contribution in [0.4, 0.5) is 4.39 Å². The number of amides is 2. The predicted octanol–water partition coefficient (Wildman–Crippen LogP) is 4.10. The van der Waals surface area contributed by atoms with Crippen molar-refractivity contribution in [1.29, 1.82) is 0 Å². The van der Waals surface area contributed by atoms with E-state index in [-0.39, 0.29) is 36.6 Å². The van der Waals surface area contributed by atoms with Gasteiger partial charge in [-0.1, -0.05) is 38.1 Å². The summed E-state index contributed by atoms with van der Waals surface area (Å²) in [5.41, 5.74) is 1.57. The Kier molecular flexibility index (Phi) is 8.84. The van der Waals surface area contributed by atoms with Crippen LogP contribution in [0.5, 0.6) is 5.75 Å². The van der Waals surface area contributed by atoms with Crippen LogP contribution < -0.4 is 10.1 Å². The van der Waals surface area contributed by atoms with Gasteiger partial charge in [0, 0.05) is 12.6 Å². The number of ether oxygens (including phenoxy) is 1. The third kappa shape index (κ3) is 6.58. The van der Waals surface area contributed by atoms with E-state index < -0.39 is 6.04 Å². The highest BCUT2D eigenvalue weighted by Gasteiger charge is 2.29. The summed E-state index contributed by atoms with van der Waals surface area (Å²) in [6, 6.07) is 12.7. The molecular formula is C24H31FN2O3. The lowest BCUT2D eigenvalue weighted by Gasteiger charge is -2.31. The number of benzene rings is 2. The largest absolute Gasteiger partial charge is 0.497 e. The van der Waals surface area contributed by atoms with E-state index in [2.05, 4.69) is 5.32 Å². The van der Waals surface area contributed by atoms with Crippen molar-refractivity contribution >= 4 is 11.8 Å². The molecule has 0 aromatic heterocycles. The van der Waals surface area contributed by atoms with E-state index in [0.29, 0.717) is 17.7 Å². The van der Waals surface area contributed by atoms with E-state index in [1.807, 2.05) is 45.0 Å². The summed E-state index contributed by atoms with van der Waals surface area (Å²) in [7, 11) is 1.59. The maximum absolute atomic E-state index is 13.2. The van der Waals surface area contributed by atoms with Crippen LogP contribution in [0.25, 0.3) is 0 Å². The van der Waals surface area contributed by atoms with E-state index in [0.717, 1.165) is 12.0 Å². The molecule has 2 aromatic carbocycles. The van der Waals surface area contributed by atoms with Crippen LogP contribution in [-0.2, 0) is 22.6 Å². The van der Waals surface area contributed by atoms with E-state index in [1.54, 1.807) is 24.1 Å². The standard InChI is InChI=1S/C24H31FN2O3/c1-5-17(3)26-24(29)22(6-2)27(16-19-8-7-9-21(14-19)30-4)23(28)15-18-10-12-20(25)13-11-18/h7-14,17,22H,5-6,15-16H2,1-4H3,(H,26,29). The van der Waals surface area contributed by atoms with Crippen LogP contribution in [0.3, 0.4) is 0 Å². The van der Waals surface area contributed by atoms with Gasteiger partial charge in [0.15, 0.2) is 0 Å². The molecule has 0 aliphatic heterocycles. The first-order chi connectivity index (χ1) is 14.4. The van der Waals surface area contributed by atoms with E-state index in [1.165, 1.54) is 12.1 Å². The predicted molar refractivity (Wildman–Crippen MR) is 116 cm³/mol. The molecule has 2 rings (SSSR count). The molecule has 162 valence electrons. The zero-order valence-corrected chi connectivity index (χ0v) is 18.2. The van der Waals surface area contributed by atoms with E-state index in [4.69, 9.17) is 4.74 Å². The van der Waals surface area contributed by atoms with E-state index in [9.17, 15) is 14.0 Å². The van der Waals surface area contributed by atoms with Crippen LogP contribution in [0.2, 0.25) is 0 Å². The number of nitrogens with one attached hydrogen (secondary N) is 1. The smallest absolute Gasteiger partial charge is 0.243 e. The number of rotatable bonds is 10. The Bertz CT molecular complexity index is 839. The second-order valence-corrected chi connectivity index (χ2v) is 7.42. The average molecular weight is 415 g/mol. The lowest BCUT2D eigenvalue weighted by atomic mass is 10.1. The lowest BCUT2D eigenvalue weighted by Crippen LogP contribution is -2.51. The van der Waals surface area contributed by atoms with Crippen molar-refractivity contribution in [1.82, 2.24) is 10.2 Å². The molecular weight excluding hydrogens is 383 g/mol. The second kappa shape index (κ2) is 11.3. The van der Waals surface area contributed by atoms with Crippen LogP contribution in [0.1, 0.15) is 44.7 Å². The third-order valence-electron chi connectivity index (χ3n) is 5.14. The van der Waals surface area contributed by atoms with Crippen LogP contribution in [0.15, 0.2) is 48.5 Å². The summed E-state index contributed by atoms with van der Waals surface area (Å²) in [5.74, 6) is -0.00729. The number of nitrogens with zero attached hydrogens (tertiary/aromatic N) is 1. The summed E-state index contributed by atoms with van der Waals surface area (Å²) >= 11 is 0. The molecule has 1 N–H and O–H groups in total. The Balaban J connectivity index is 2.30. The molecule has 0 radical (unpaired) electrons. The van der Waals surface area contributed by atoms with Gasteiger partial charge in [0.1, 0.15) is 17.6 Å². The second-order valence-electron chi connectivity index (χ2n) is 7.42. The molecule has 0 bridgehead atoms. The van der Waals surface area contributed by atoms with Crippen LogP contribution in [-0.4, -0.2) is 35.9 Å². The Morgan fingerprint density at radius 2 is 1.77 bits per heavy atom. The molecule has 0 aliphatic rings. The van der Waals surface area contributed by atoms with Gasteiger partial charge in [-0.15, -0.1) is 0 Å². The number of hydrogen-bond donors (Lipinski definition) is 1. The minimum atomic E-state index is -0.599. The van der Waals surface area contributed by atoms with Crippen molar-refractivity contribution in [3.05, 3.63) is 65.5 Å². The molecule has 0 spiro atoms. The Morgan fingerprint density at radius 1 is 1.07 bits per heavy atom. The van der Waals surface area contributed by atoms with Crippen LogP contribution in [0, 0.1) is 5.82 Å². The van der Waals surface area contributed by atoms with Crippen molar-refractivity contribution < 1.29 is 18.7 Å². The highest BCUT2D eigenvalue weighted by molar-refractivity contribution is 5.88. The monoisotopic (exact) mass is 414 g/mol. The maximum atomic E-state index is 13.2. The Morgan fingerprint density at radius 3 is 2.37 bits per heavy atom. The van der Waals surface area contributed by atoms with Gasteiger partial charge >= 0.3 is 0 Å². The zero-order valence-electron chi connectivity index (χ0n) is 18.2. The zero-order chi connectivity index (χ0) is 22.1. The fourth-order valence-electron chi connectivity index (χ4n) is 3.21. The normalized spacial score (nSPS) is 12.7. The molecule has 0 saturated carbocycles. The van der Waals surface area contributed by atoms with Crippen LogP contribution >= 0.6 is 0 Å². The number of carbonyl (C=O) groups excluding carboxylic acids is 2. The van der Waals surface area contributed by atoms with Gasteiger partial charge < -0.3 is 15.0 Å². The number of carbonyl (C=O) groups is 2. The SMILES string of the molecule is CCC(C)NC(=O)C(CC)N(Cc1cccc(OC)c1)C(=O)Cc1ccc(F)cc1. The minimum Gasteiger partial charge on any atom is -0.497 e. The molecule has 2 atom stereocenters. The number of halogens is 1. The molecule has 6 heteroatoms. The first-order valence-electron chi connectivity index (χ1n) is 10.3. The fourth-order valence-corrected chi connectivity index (χ4v) is 3.21. The topological polar surface area (TPSA) is 58.6 Å². The molecule has 0 saturated heterocycles. The highest BCUT2D eigenvalue weighted by Crippen LogP contribution is 2.18. The maximum Gasteiger partial charge on any atom is 0.243 e. The van der Waals surface area contributed by atoms with Crippen molar-refractivity contribution in [3.8, 4) is 5.75 Å². The molecule has 2 aromatic rings. The first kappa shape index (κ1) is 23.4. The molecule has 0 heterocycles. The molecule has 0 aliphatic carbocycles. The molecule has 0 fully saturated rings. The van der Waals surface area contributed by atoms with Gasteiger partial charge in [-0.25, -0.2) is 4.39 Å². The number of methoxy groups -OCH3 is 1. The third-order valence-corrected chi connectivity index (χ3v) is 5.14. The summed E-state index contributed by atoms with van der Waals surface area (Å²) in [6.07, 6.45) is 1.39. The van der Waals surface area contributed by atoms with E-state index >= 15 is 0 Å². The van der Waals surface area contributed by atoms with Gasteiger partial charge in [0.25, 0.3) is 0 Å². The summed E-state index contributed by atoms with van der Waals surface area (Å²) < 4.78 is 18.5. The number of hydrogen-bond acceptors (Lipinski definition) is 3. The van der Waals surface area contributed by atoms with Crippen molar-refractivity contribution in [3.63, 3.8) is 0 Å². The Labute approximate surface area is 178 Å². The van der Waals surface area contributed by atoms with Crippen molar-refractivity contribution in [2.75, 3.05) is 7.11 Å². The molecule has 2 unspecified atom stereocenters. The van der Waals surface area contributed by atoms with Gasteiger partial charge in [0.2, 0.25) is 11.8 Å². The van der Waals surface area contributed by atoms with Gasteiger partial charge in [-0.05, 0) is 55.2 Å². The molecule has 2 amide bonds. The molecule has 5 nitrogen and oxygen atoms in total. The first-order valence-corrected chi connectivity index (χ1v) is 10.3. The Hall–Kier alpha value is -2.89. The quantitative estimate of drug-likeness (QED) is 0.637. The van der Waals surface area contributed by atoms with Gasteiger partial charge in [-0.2, -0.15) is 0 Å². The van der Waals surface area contributed by atoms with Gasteiger partial charge in [0.05, 0.1) is 13.5 Å². The minimum absolute atomic E-state index is 0.0254. The van der Waals surface area contributed by atoms with Gasteiger partial charge in [-0.3, -0.25) is 9.59 Å². The summed E-state index contributed by atoms with van der Waals surface area (Å²) in [4.78, 5) is 27.8. The molecule has 30 heavy (non-hydrogen) atoms. The highest BCUT2D eigenvalue weighted by atomic mass is 19.1. The summed E-state index contributed by atoms with van der Waals surface area (Å²) in [5, 5.41) is 2.99. The fraction of sp³-hybridized carbons (Fsp3) is 0.417. The lowest BCUT2D eigenvalue weighted by molar-refractivity contribution is -0.141. The average Bonchev–Trinajstić information content (AvgIpc) is 2.75.